The molecular formula is C12H13N3O4. The summed E-state index contributed by atoms with van der Waals surface area (Å²) >= 11 is 0. The molecule has 0 atom stereocenters. The molecule has 0 radical (unpaired) electrons. The molecule has 1 aromatic carbocycles. The lowest BCUT2D eigenvalue weighted by Crippen LogP contribution is -2.15. The second kappa shape index (κ2) is 7.08. The Kier molecular flexibility index (Phi) is 5.44. The highest BCUT2D eigenvalue weighted by Gasteiger charge is 2.18. The van der Waals surface area contributed by atoms with Crippen molar-refractivity contribution >= 4 is 11.4 Å². The highest BCUT2D eigenvalue weighted by molar-refractivity contribution is 5.49. The van der Waals surface area contributed by atoms with Gasteiger partial charge in [-0.2, -0.15) is 0 Å². The first-order chi connectivity index (χ1) is 9.06. The maximum absolute atomic E-state index is 10.9. The molecule has 7 heteroatoms. The Morgan fingerprint density at radius 1 is 1.26 bits per heavy atom. The van der Waals surface area contributed by atoms with Crippen LogP contribution in [0.4, 0.5) is 11.4 Å². The van der Waals surface area contributed by atoms with Crippen LogP contribution in [-0.2, 0) is 6.54 Å². The molecule has 1 aromatic rings. The number of nitro benzene ring substituents is 2. The van der Waals surface area contributed by atoms with Crippen molar-refractivity contribution in [1.29, 1.82) is 0 Å². The summed E-state index contributed by atoms with van der Waals surface area (Å²) in [6, 6.07) is 3.63. The van der Waals surface area contributed by atoms with Gasteiger partial charge >= 0.3 is 0 Å². The van der Waals surface area contributed by atoms with Crippen molar-refractivity contribution in [2.24, 2.45) is 0 Å². The lowest BCUT2D eigenvalue weighted by molar-refractivity contribution is -0.394. The third-order valence-corrected chi connectivity index (χ3v) is 2.40. The molecule has 100 valence electrons. The minimum atomic E-state index is -0.652. The zero-order chi connectivity index (χ0) is 14.3. The summed E-state index contributed by atoms with van der Waals surface area (Å²) < 4.78 is 0. The predicted octanol–water partition coefficient (Wildman–Crippen LogP) is 2.01. The molecule has 0 aliphatic carbocycles. The van der Waals surface area contributed by atoms with Crippen LogP contribution in [0.5, 0.6) is 0 Å². The van der Waals surface area contributed by atoms with E-state index in [0.717, 1.165) is 6.07 Å². The number of non-ortho nitro benzene ring substituents is 1. The summed E-state index contributed by atoms with van der Waals surface area (Å²) in [5.41, 5.74) is -0.115. The Hall–Kier alpha value is -2.46. The monoisotopic (exact) mass is 263 g/mol. The van der Waals surface area contributed by atoms with Crippen molar-refractivity contribution in [3.05, 3.63) is 44.0 Å². The van der Waals surface area contributed by atoms with E-state index in [1.54, 1.807) is 6.92 Å². The predicted molar refractivity (Wildman–Crippen MR) is 69.5 cm³/mol. The van der Waals surface area contributed by atoms with Gasteiger partial charge in [0.05, 0.1) is 15.9 Å². The van der Waals surface area contributed by atoms with Crippen LogP contribution in [0.1, 0.15) is 18.9 Å². The van der Waals surface area contributed by atoms with E-state index < -0.39 is 9.85 Å². The van der Waals surface area contributed by atoms with Crippen molar-refractivity contribution < 1.29 is 9.85 Å². The molecule has 0 saturated heterocycles. The number of hydrogen-bond donors (Lipinski definition) is 1. The summed E-state index contributed by atoms with van der Waals surface area (Å²) in [6.45, 7) is 2.62. The SMILES string of the molecule is CC#CCCNCc1ccc([N+](=O)[O-])cc1[N+](=O)[O-]. The van der Waals surface area contributed by atoms with Crippen molar-refractivity contribution in [3.63, 3.8) is 0 Å². The molecular weight excluding hydrogens is 250 g/mol. The van der Waals surface area contributed by atoms with Gasteiger partial charge in [0.2, 0.25) is 0 Å². The van der Waals surface area contributed by atoms with Gasteiger partial charge in [-0.25, -0.2) is 0 Å². The fraction of sp³-hybridized carbons (Fsp3) is 0.333. The zero-order valence-corrected chi connectivity index (χ0v) is 10.4. The first-order valence-corrected chi connectivity index (χ1v) is 5.58. The molecule has 0 aliphatic heterocycles. The number of benzene rings is 1. The smallest absolute Gasteiger partial charge is 0.280 e. The molecule has 0 bridgehead atoms. The van der Waals surface area contributed by atoms with Crippen LogP contribution in [0, 0.1) is 32.1 Å². The van der Waals surface area contributed by atoms with E-state index in [-0.39, 0.29) is 17.9 Å². The van der Waals surface area contributed by atoms with Gasteiger partial charge in [0, 0.05) is 31.1 Å². The number of hydrogen-bond acceptors (Lipinski definition) is 5. The molecule has 0 spiro atoms. The molecule has 19 heavy (non-hydrogen) atoms. The number of rotatable bonds is 6. The second-order valence-corrected chi connectivity index (χ2v) is 3.68. The Balaban J connectivity index is 2.78. The zero-order valence-electron chi connectivity index (χ0n) is 10.4. The third kappa shape index (κ3) is 4.37. The lowest BCUT2D eigenvalue weighted by atomic mass is 10.1. The minimum absolute atomic E-state index is 0.247. The molecule has 1 rings (SSSR count). The van der Waals surface area contributed by atoms with E-state index in [4.69, 9.17) is 0 Å². The first-order valence-electron chi connectivity index (χ1n) is 5.58. The Morgan fingerprint density at radius 2 is 2.00 bits per heavy atom. The summed E-state index contributed by atoms with van der Waals surface area (Å²) in [7, 11) is 0. The quantitative estimate of drug-likeness (QED) is 0.366. The van der Waals surface area contributed by atoms with Gasteiger partial charge in [-0.15, -0.1) is 11.8 Å². The maximum atomic E-state index is 10.9. The van der Waals surface area contributed by atoms with E-state index in [2.05, 4.69) is 17.2 Å². The van der Waals surface area contributed by atoms with E-state index in [9.17, 15) is 20.2 Å². The van der Waals surface area contributed by atoms with Gasteiger partial charge in [-0.1, -0.05) is 0 Å². The normalized spacial score (nSPS) is 9.53. The van der Waals surface area contributed by atoms with Gasteiger partial charge < -0.3 is 5.32 Å². The summed E-state index contributed by atoms with van der Waals surface area (Å²) in [6.07, 6.45) is 0.650. The van der Waals surface area contributed by atoms with Crippen LogP contribution in [0.15, 0.2) is 18.2 Å². The van der Waals surface area contributed by atoms with Gasteiger partial charge in [0.25, 0.3) is 11.4 Å². The average molecular weight is 263 g/mol. The van der Waals surface area contributed by atoms with Crippen molar-refractivity contribution in [3.8, 4) is 11.8 Å². The molecule has 0 aliphatic rings. The summed E-state index contributed by atoms with van der Waals surface area (Å²) in [5, 5.41) is 24.4. The van der Waals surface area contributed by atoms with E-state index in [1.165, 1.54) is 12.1 Å². The number of nitrogens with one attached hydrogen (secondary N) is 1. The molecule has 7 nitrogen and oxygen atoms in total. The highest BCUT2D eigenvalue weighted by atomic mass is 16.6. The van der Waals surface area contributed by atoms with Crippen LogP contribution in [0.25, 0.3) is 0 Å². The lowest BCUT2D eigenvalue weighted by Gasteiger charge is -2.04. The van der Waals surface area contributed by atoms with E-state index in [1.807, 2.05) is 0 Å². The fourth-order valence-corrected chi connectivity index (χ4v) is 1.48. The number of nitrogens with zero attached hydrogens (tertiary/aromatic N) is 2. The van der Waals surface area contributed by atoms with Crippen molar-refractivity contribution in [2.75, 3.05) is 6.54 Å². The van der Waals surface area contributed by atoms with Crippen LogP contribution < -0.4 is 5.32 Å². The Bertz CT molecular complexity index is 546. The molecule has 0 unspecified atom stereocenters. The highest BCUT2D eigenvalue weighted by Crippen LogP contribution is 2.24. The van der Waals surface area contributed by atoms with Crippen LogP contribution in [0.2, 0.25) is 0 Å². The van der Waals surface area contributed by atoms with Crippen LogP contribution in [0.3, 0.4) is 0 Å². The first kappa shape index (κ1) is 14.6. The topological polar surface area (TPSA) is 98.3 Å². The standard InChI is InChI=1S/C12H13N3O4/c1-2-3-4-7-13-9-10-5-6-11(14(16)17)8-12(10)15(18)19/h5-6,8,13H,4,7,9H2,1H3. The van der Waals surface area contributed by atoms with Gasteiger partial charge in [0.1, 0.15) is 0 Å². The molecule has 1 N–H and O–H groups in total. The molecule has 0 saturated carbocycles. The van der Waals surface area contributed by atoms with Crippen LogP contribution in [-0.4, -0.2) is 16.4 Å². The van der Waals surface area contributed by atoms with E-state index in [0.29, 0.717) is 18.5 Å². The summed E-state index contributed by atoms with van der Waals surface area (Å²) in [4.78, 5) is 20.2. The summed E-state index contributed by atoms with van der Waals surface area (Å²) in [5.74, 6) is 5.60. The third-order valence-electron chi connectivity index (χ3n) is 2.40. The Morgan fingerprint density at radius 3 is 2.58 bits per heavy atom. The van der Waals surface area contributed by atoms with E-state index >= 15 is 0 Å². The fourth-order valence-electron chi connectivity index (χ4n) is 1.48. The maximum Gasteiger partial charge on any atom is 0.280 e. The average Bonchev–Trinajstić information content (AvgIpc) is 2.38. The van der Waals surface area contributed by atoms with Crippen molar-refractivity contribution in [1.82, 2.24) is 5.32 Å². The van der Waals surface area contributed by atoms with Gasteiger partial charge in [-0.05, 0) is 13.0 Å². The minimum Gasteiger partial charge on any atom is -0.311 e. The second-order valence-electron chi connectivity index (χ2n) is 3.68. The van der Waals surface area contributed by atoms with Gasteiger partial charge in [0.15, 0.2) is 0 Å². The molecule has 0 aromatic heterocycles. The number of nitro groups is 2. The molecule has 0 fully saturated rings. The Labute approximate surface area is 109 Å². The van der Waals surface area contributed by atoms with Crippen molar-refractivity contribution in [2.45, 2.75) is 19.9 Å². The van der Waals surface area contributed by atoms with Gasteiger partial charge in [-0.3, -0.25) is 20.2 Å². The molecule has 0 heterocycles. The molecule has 0 amide bonds. The largest absolute Gasteiger partial charge is 0.311 e. The van der Waals surface area contributed by atoms with Crippen LogP contribution >= 0.6 is 0 Å².